The zero-order valence-electron chi connectivity index (χ0n) is 61.1. The number of phenolic OH excluding ortho intramolecular Hbond substituents is 1. The van der Waals surface area contributed by atoms with Crippen molar-refractivity contribution < 1.29 is 77.6 Å². The van der Waals surface area contributed by atoms with Gasteiger partial charge in [0.2, 0.25) is 52.6 Å². The summed E-state index contributed by atoms with van der Waals surface area (Å²) in [4.78, 5) is 161. The van der Waals surface area contributed by atoms with Crippen LogP contribution in [0.1, 0.15) is 75.6 Å². The summed E-state index contributed by atoms with van der Waals surface area (Å²) in [6.45, 7) is 1.35. The minimum Gasteiger partial charge on any atom is -0.508 e. The number of aliphatic hydroxyl groups excluding tert-OH is 1. The van der Waals surface area contributed by atoms with Gasteiger partial charge in [0.05, 0.1) is 17.7 Å². The second-order valence-corrected chi connectivity index (χ2v) is 30.1. The summed E-state index contributed by atoms with van der Waals surface area (Å²) in [5, 5.41) is 66.6. The molecule has 1 unspecified atom stereocenters. The van der Waals surface area contributed by atoms with Crippen LogP contribution >= 0.6 is 21.6 Å². The third kappa shape index (κ3) is 21.2. The molecule has 9 amide bonds. The first-order valence-corrected chi connectivity index (χ1v) is 38.3. The Morgan fingerprint density at radius 2 is 1.30 bits per heavy atom. The molecule has 576 valence electrons. The van der Waals surface area contributed by atoms with Gasteiger partial charge in [0.1, 0.15) is 85.8 Å². The highest BCUT2D eigenvalue weighted by Gasteiger charge is 2.41. The van der Waals surface area contributed by atoms with Gasteiger partial charge in [-0.1, -0.05) is 125 Å². The van der Waals surface area contributed by atoms with Gasteiger partial charge in [0, 0.05) is 97.7 Å². The van der Waals surface area contributed by atoms with E-state index in [-0.39, 0.29) is 79.0 Å². The van der Waals surface area contributed by atoms with Crippen LogP contribution in [0.2, 0.25) is 0 Å². The van der Waals surface area contributed by atoms with Crippen LogP contribution in [0.25, 0.3) is 33.4 Å². The number of amides is 9. The summed E-state index contributed by atoms with van der Waals surface area (Å²) < 4.78 is 8.42. The number of hydrogen-bond acceptors (Lipinski definition) is 18. The quantitative estimate of drug-likeness (QED) is 0.0261. The van der Waals surface area contributed by atoms with E-state index in [9.17, 15) is 54.0 Å². The first kappa shape index (κ1) is 80.9. The lowest BCUT2D eigenvalue weighted by Crippen LogP contribution is -2.61. The van der Waals surface area contributed by atoms with Gasteiger partial charge in [-0.2, -0.15) is 0 Å². The highest BCUT2D eigenvalue weighted by atomic mass is 33.1. The number of aliphatic carboxylic acids is 1. The van der Waals surface area contributed by atoms with Crippen molar-refractivity contribution in [2.45, 2.75) is 119 Å². The maximum absolute atomic E-state index is 15.5. The van der Waals surface area contributed by atoms with Crippen LogP contribution in [0.4, 0.5) is 5.69 Å². The van der Waals surface area contributed by atoms with Crippen LogP contribution in [-0.4, -0.2) is 197 Å². The van der Waals surface area contributed by atoms with Gasteiger partial charge in [0.25, 0.3) is 5.91 Å². The maximum atomic E-state index is 15.5. The molecule has 0 saturated carbocycles. The highest BCUT2D eigenvalue weighted by molar-refractivity contribution is 8.76. The second-order valence-electron chi connectivity index (χ2n) is 27.5. The van der Waals surface area contributed by atoms with E-state index in [0.717, 1.165) is 32.6 Å². The number of fused-ring (bicyclic) bond motifs is 2. The fraction of sp³-hybridized carbons (Fsp3) is 0.325. The van der Waals surface area contributed by atoms with Crippen LogP contribution in [0.3, 0.4) is 0 Å². The highest BCUT2D eigenvalue weighted by Crippen LogP contribution is 2.43. The summed E-state index contributed by atoms with van der Waals surface area (Å²) in [7, 11) is 9.36. The third-order valence-electron chi connectivity index (χ3n) is 19.1. The van der Waals surface area contributed by atoms with E-state index in [2.05, 4.69) is 42.5 Å². The molecular weight excluding hydrogens is 1450 g/mol. The first-order chi connectivity index (χ1) is 52.7. The number of primary amides is 1. The van der Waals surface area contributed by atoms with Gasteiger partial charge in [-0.15, -0.1) is 0 Å². The predicted octanol–water partition coefficient (Wildman–Crippen LogP) is 3.72. The molecule has 3 heterocycles. The fourth-order valence-electron chi connectivity index (χ4n) is 13.1. The van der Waals surface area contributed by atoms with Gasteiger partial charge >= 0.3 is 11.9 Å². The lowest BCUT2D eigenvalue weighted by atomic mass is 9.89. The Bertz CT molecular complexity index is 4740. The number of nitrogens with zero attached hydrogens (tertiary/aromatic N) is 3. The molecule has 1 aliphatic carbocycles. The summed E-state index contributed by atoms with van der Waals surface area (Å²) in [6, 6.07) is 34.1. The molecule has 6 aromatic carbocycles. The van der Waals surface area contributed by atoms with Crippen molar-refractivity contribution in [3.63, 3.8) is 0 Å². The Hall–Kier alpha value is -11.6. The third-order valence-corrected chi connectivity index (χ3v) is 21.5. The molecule has 10 rings (SSSR count). The Labute approximate surface area is 642 Å². The van der Waals surface area contributed by atoms with Crippen molar-refractivity contribution in [1.82, 2.24) is 52.0 Å². The molecular formula is C80H89N12O16S2+. The number of aromatic carboxylic acids is 1. The Balaban J connectivity index is 0.946. The molecule has 14 N–H and O–H groups in total. The van der Waals surface area contributed by atoms with Gasteiger partial charge in [-0.3, -0.25) is 53.3 Å². The molecule has 6 aromatic rings. The molecule has 30 heteroatoms. The number of anilines is 1. The minimum atomic E-state index is -1.70. The summed E-state index contributed by atoms with van der Waals surface area (Å²) >= 11 is 0. The lowest BCUT2D eigenvalue weighted by Gasteiger charge is -2.31. The second kappa shape index (κ2) is 37.5. The molecule has 2 fully saturated rings. The number of aliphatic hydroxyl groups is 1. The monoisotopic (exact) mass is 1540 g/mol. The SMILES string of the molecule is C[C@@H]1NC(=O)[C@H](Cc2ccccc2)NC(=O)[C@H](CCC(N)=O)NC(=O)[C@H](NC(=O)[C@@H]2CCCN2C(=O)[C@H](Cc2ccccc2)NC(=O)[C@H](Cc2ccc(O)cc2)NC(=O)c2ccc(C(=O)O)c(-c3c4ccc(=[N+](C)C)cc-4oc4cc(N(C)C)ccc34)c2)CSSC[C@@H](C(=O)O)NC(O)[C@H](Cc2ccccc2)NC1=O. The minimum absolute atomic E-state index is 0.00108. The van der Waals surface area contributed by atoms with E-state index in [0.29, 0.717) is 50.1 Å². The topological polar surface area (TPSA) is 414 Å². The number of carbonyl (C=O) groups excluding carboxylic acids is 9. The Kier molecular flexibility index (Phi) is 27.6. The predicted molar refractivity (Wildman–Crippen MR) is 416 cm³/mol. The van der Waals surface area contributed by atoms with E-state index in [1.54, 1.807) is 103 Å². The van der Waals surface area contributed by atoms with Crippen molar-refractivity contribution in [2.24, 2.45) is 5.73 Å². The number of carboxylic acids is 2. The molecule has 3 aliphatic heterocycles. The van der Waals surface area contributed by atoms with Gasteiger partial charge < -0.3 is 77.6 Å². The van der Waals surface area contributed by atoms with Crippen molar-refractivity contribution >= 4 is 103 Å². The van der Waals surface area contributed by atoms with Crippen molar-refractivity contribution in [3.05, 3.63) is 209 Å². The molecule has 2 saturated heterocycles. The number of hydrogen-bond donors (Lipinski definition) is 13. The largest absolute Gasteiger partial charge is 0.508 e. The number of aromatic hydroxyl groups is 1. The molecule has 0 aromatic heterocycles. The summed E-state index contributed by atoms with van der Waals surface area (Å²) in [5.74, 6) is -10.6. The number of nitrogens with two attached hydrogens (primary N) is 1. The smallest absolute Gasteiger partial charge is 0.336 e. The van der Waals surface area contributed by atoms with Crippen LogP contribution in [0.15, 0.2) is 174 Å². The van der Waals surface area contributed by atoms with Crippen LogP contribution < -0.4 is 63.1 Å². The molecule has 0 bridgehead atoms. The maximum Gasteiger partial charge on any atom is 0.336 e. The molecule has 28 nitrogen and oxygen atoms in total. The zero-order chi connectivity index (χ0) is 78.9. The van der Waals surface area contributed by atoms with Gasteiger partial charge in [0.15, 0.2) is 0 Å². The molecule has 0 spiro atoms. The normalized spacial score (nSPS) is 20.1. The first-order valence-electron chi connectivity index (χ1n) is 35.8. The summed E-state index contributed by atoms with van der Waals surface area (Å²) in [5.41, 5.74) is 10.1. The molecule has 110 heavy (non-hydrogen) atoms. The van der Waals surface area contributed by atoms with Crippen LogP contribution in [-0.2, 0) is 68.8 Å². The summed E-state index contributed by atoms with van der Waals surface area (Å²) in [6.07, 6.45) is -2.72. The number of carbonyl (C=O) groups is 11. The van der Waals surface area contributed by atoms with E-state index >= 15 is 19.2 Å². The number of benzene rings is 7. The Morgan fingerprint density at radius 1 is 0.673 bits per heavy atom. The number of carboxylic acid groups (broad SMARTS) is 2. The van der Waals surface area contributed by atoms with Crippen molar-refractivity contribution in [1.29, 1.82) is 0 Å². The zero-order valence-corrected chi connectivity index (χ0v) is 62.8. The van der Waals surface area contributed by atoms with Crippen molar-refractivity contribution in [2.75, 3.05) is 51.1 Å². The van der Waals surface area contributed by atoms with Crippen LogP contribution in [0, 0.1) is 0 Å². The average Bonchev–Trinajstić information content (AvgIpc) is 0.876. The van der Waals surface area contributed by atoms with E-state index in [1.807, 2.05) is 74.1 Å². The van der Waals surface area contributed by atoms with E-state index in [4.69, 9.17) is 10.2 Å². The van der Waals surface area contributed by atoms with E-state index in [1.165, 1.54) is 42.2 Å². The van der Waals surface area contributed by atoms with Crippen LogP contribution in [0.5, 0.6) is 5.75 Å². The fourth-order valence-corrected chi connectivity index (χ4v) is 15.4. The number of nitrogens with one attached hydrogen (secondary N) is 8. The van der Waals surface area contributed by atoms with E-state index < -0.39 is 139 Å². The lowest BCUT2D eigenvalue weighted by molar-refractivity contribution is -0.142. The molecule has 10 atom stereocenters. The van der Waals surface area contributed by atoms with Gasteiger partial charge in [-0.05, 0) is 109 Å². The van der Waals surface area contributed by atoms with Crippen molar-refractivity contribution in [3.8, 4) is 28.2 Å². The molecule has 4 aliphatic rings. The average molecular weight is 1540 g/mol. The number of likely N-dealkylation sites (tertiary alicyclic amines) is 1. The van der Waals surface area contributed by atoms with Gasteiger partial charge in [-0.25, -0.2) is 9.37 Å². The Morgan fingerprint density at radius 3 is 1.95 bits per heavy atom. The number of phenols is 1. The number of rotatable bonds is 22. The molecule has 0 radical (unpaired) electrons. The standard InChI is InChI=1S/C80H88N12O16S2/c1-45-70(95)84-60(37-47-18-11-7-12-19-47)75(100)89-64(80(106)107)44-110-109-43-63(76(101)83-58(33-34-68(81)94)72(97)86-59(73(98)82-45)36-46-16-9-6-10-17-46)88-77(102)65-22-15-35-92(65)78(103)62(39-48-20-13-8-14-21-48)87-74(99)61(38-49-23-28-53(93)29-24-49)85-71(96)50-25-30-54(79(104)105)57(40-50)69-55-31-26-51(90(2)3)41-66(55)108-67-42-52(91(4)5)27-32-56(67)69/h6-14,16-21,23-32,40-42,45,58-65,75,89,100H,15,22,33-39,43-44H2,1-5H3,(H11-,81,82,83,84,85,86,87,88,93,94,95,96,97,98,99,101,102,104,105,106,107)/p+1/t45-,58-,59-,60-,61-,62-,63+,64-,65-,75?/m0/s1.